The normalized spacial score (nSPS) is 18.0. The highest BCUT2D eigenvalue weighted by Gasteiger charge is 2.37. The lowest BCUT2D eigenvalue weighted by molar-refractivity contribution is -0.135. The predicted octanol–water partition coefficient (Wildman–Crippen LogP) is 4.81. The zero-order valence-electron chi connectivity index (χ0n) is 17.0. The summed E-state index contributed by atoms with van der Waals surface area (Å²) in [7, 11) is 1.29. The van der Waals surface area contributed by atoms with Crippen LogP contribution in [0.2, 0.25) is 0 Å². The van der Waals surface area contributed by atoms with Gasteiger partial charge in [0.2, 0.25) is 0 Å². The third-order valence-corrected chi connectivity index (χ3v) is 6.07. The Morgan fingerprint density at radius 2 is 1.77 bits per heavy atom. The van der Waals surface area contributed by atoms with Crippen molar-refractivity contribution in [2.45, 2.75) is 26.3 Å². The highest BCUT2D eigenvalue weighted by atomic mass is 32.2. The number of fused-ring (bicyclic) bond motifs is 2. The van der Waals surface area contributed by atoms with Crippen molar-refractivity contribution in [1.82, 2.24) is 9.88 Å². The van der Waals surface area contributed by atoms with Gasteiger partial charge >= 0.3 is 5.97 Å². The average Bonchev–Trinajstić information content (AvgIpc) is 3.07. The van der Waals surface area contributed by atoms with E-state index in [0.29, 0.717) is 10.1 Å². The van der Waals surface area contributed by atoms with E-state index in [1.54, 1.807) is 4.90 Å². The molecule has 1 aromatic heterocycles. The van der Waals surface area contributed by atoms with Gasteiger partial charge in [-0.15, -0.1) is 0 Å². The van der Waals surface area contributed by atoms with Crippen molar-refractivity contribution in [3.63, 3.8) is 0 Å². The molecule has 152 valence electrons. The summed E-state index contributed by atoms with van der Waals surface area (Å²) in [6.07, 6.45) is 1.99. The first-order chi connectivity index (χ1) is 14.5. The molecule has 1 aliphatic rings. The zero-order chi connectivity index (χ0) is 21.3. The summed E-state index contributed by atoms with van der Waals surface area (Å²) < 4.78 is 4.70. The van der Waals surface area contributed by atoms with Gasteiger partial charge in [-0.2, -0.15) is 0 Å². The molecule has 3 aromatic rings. The molecule has 2 aromatic carbocycles. The summed E-state index contributed by atoms with van der Waals surface area (Å²) in [5.41, 5.74) is 2.44. The smallest absolute Gasteiger partial charge is 0.331 e. The quantitative estimate of drug-likeness (QED) is 0.345. The number of carbonyl (C=O) groups excluding carboxylic acids is 2. The van der Waals surface area contributed by atoms with E-state index in [9.17, 15) is 9.59 Å². The number of thioether (sulfide) groups is 1. The van der Waals surface area contributed by atoms with Crippen LogP contribution in [0, 0.1) is 0 Å². The van der Waals surface area contributed by atoms with Crippen LogP contribution in [0.15, 0.2) is 64.5 Å². The van der Waals surface area contributed by atoms with Crippen molar-refractivity contribution in [1.29, 1.82) is 0 Å². The van der Waals surface area contributed by atoms with Crippen molar-refractivity contribution in [3.05, 3.63) is 59.5 Å². The van der Waals surface area contributed by atoms with Gasteiger partial charge in [0.15, 0.2) is 5.17 Å². The fraction of sp³-hybridized carbons (Fsp3) is 0.217. The number of nitrogens with zero attached hydrogens (tertiary/aromatic N) is 3. The number of hydrogen-bond donors (Lipinski definition) is 0. The van der Waals surface area contributed by atoms with Crippen LogP contribution in [0.3, 0.4) is 0 Å². The van der Waals surface area contributed by atoms with Gasteiger partial charge in [-0.3, -0.25) is 9.69 Å². The number of methoxy groups -OCH3 is 1. The van der Waals surface area contributed by atoms with Gasteiger partial charge in [0, 0.05) is 22.9 Å². The van der Waals surface area contributed by atoms with Crippen LogP contribution in [0.1, 0.15) is 20.3 Å². The van der Waals surface area contributed by atoms with E-state index in [4.69, 9.17) is 14.7 Å². The van der Waals surface area contributed by atoms with Crippen molar-refractivity contribution < 1.29 is 14.3 Å². The number of benzene rings is 2. The maximum absolute atomic E-state index is 13.0. The van der Waals surface area contributed by atoms with Gasteiger partial charge in [0.1, 0.15) is 0 Å². The van der Waals surface area contributed by atoms with E-state index in [2.05, 4.69) is 0 Å². The van der Waals surface area contributed by atoms with E-state index in [0.717, 1.165) is 33.9 Å². The van der Waals surface area contributed by atoms with Crippen LogP contribution >= 0.6 is 11.8 Å². The Morgan fingerprint density at radius 1 is 1.17 bits per heavy atom. The number of aromatic nitrogens is 1. The van der Waals surface area contributed by atoms with Crippen molar-refractivity contribution >= 4 is 56.3 Å². The molecule has 2 heterocycles. The number of pyridine rings is 1. The fourth-order valence-electron chi connectivity index (χ4n) is 3.34. The number of carbonyl (C=O) groups is 2. The molecule has 1 unspecified atom stereocenters. The zero-order valence-corrected chi connectivity index (χ0v) is 17.8. The lowest BCUT2D eigenvalue weighted by Crippen LogP contribution is -2.37. The lowest BCUT2D eigenvalue weighted by Gasteiger charge is -2.22. The summed E-state index contributed by atoms with van der Waals surface area (Å²) in [5.74, 6) is -0.794. The molecule has 0 aliphatic carbocycles. The molecular formula is C23H21N3O3S. The summed E-state index contributed by atoms with van der Waals surface area (Å²) in [6, 6.07) is 15.6. The third-order valence-electron chi connectivity index (χ3n) is 5.09. The fourth-order valence-corrected chi connectivity index (χ4v) is 4.37. The first kappa shape index (κ1) is 20.1. The molecule has 0 saturated carbocycles. The first-order valence-corrected chi connectivity index (χ1v) is 10.5. The summed E-state index contributed by atoms with van der Waals surface area (Å²) in [4.78, 5) is 36.4. The molecule has 7 heteroatoms. The Hall–Kier alpha value is -3.19. The number of amidine groups is 1. The second-order valence-corrected chi connectivity index (χ2v) is 7.96. The largest absolute Gasteiger partial charge is 0.466 e. The predicted molar refractivity (Wildman–Crippen MR) is 121 cm³/mol. The van der Waals surface area contributed by atoms with Crippen LogP contribution in [0.4, 0.5) is 5.69 Å². The van der Waals surface area contributed by atoms with Gasteiger partial charge in [-0.25, -0.2) is 14.8 Å². The number of hydrogen-bond acceptors (Lipinski definition) is 6. The monoisotopic (exact) mass is 419 g/mol. The number of aliphatic imine (C=N–C) groups is 1. The number of amides is 1. The standard InChI is InChI=1S/C23H21N3O3S/c1-4-14(2)26-22(28)19(13-20(27)29-3)30-23(26)25-21-15-9-5-7-11-17(15)24-18-12-8-6-10-16(18)21/h5-14H,4H2,1-3H3/b19-13-,25-23?. The van der Waals surface area contributed by atoms with Gasteiger partial charge < -0.3 is 4.74 Å². The SMILES string of the molecule is CCC(C)N1C(=O)/C(=C/C(=O)OC)SC1=Nc1c2ccccc2nc2ccccc12. The lowest BCUT2D eigenvalue weighted by atomic mass is 10.1. The minimum Gasteiger partial charge on any atom is -0.466 e. The maximum atomic E-state index is 13.0. The van der Waals surface area contributed by atoms with E-state index < -0.39 is 5.97 Å². The van der Waals surface area contributed by atoms with Crippen molar-refractivity contribution in [2.24, 2.45) is 4.99 Å². The molecule has 4 rings (SSSR count). The molecule has 1 aliphatic heterocycles. The van der Waals surface area contributed by atoms with Crippen molar-refractivity contribution in [2.75, 3.05) is 7.11 Å². The maximum Gasteiger partial charge on any atom is 0.331 e. The summed E-state index contributed by atoms with van der Waals surface area (Å²) in [5, 5.41) is 2.36. The van der Waals surface area contributed by atoms with Crippen LogP contribution in [0.5, 0.6) is 0 Å². The minimum atomic E-state index is -0.559. The molecule has 30 heavy (non-hydrogen) atoms. The van der Waals surface area contributed by atoms with E-state index in [-0.39, 0.29) is 11.9 Å². The van der Waals surface area contributed by atoms with E-state index >= 15 is 0 Å². The summed E-state index contributed by atoms with van der Waals surface area (Å²) in [6.45, 7) is 3.98. The molecule has 1 atom stereocenters. The Bertz CT molecular complexity index is 1160. The van der Waals surface area contributed by atoms with Gasteiger partial charge in [0.25, 0.3) is 5.91 Å². The number of para-hydroxylation sites is 2. The minimum absolute atomic E-state index is 0.0633. The molecule has 6 nitrogen and oxygen atoms in total. The third kappa shape index (κ3) is 3.57. The molecule has 1 saturated heterocycles. The molecule has 0 bridgehead atoms. The molecule has 0 spiro atoms. The summed E-state index contributed by atoms with van der Waals surface area (Å²) >= 11 is 1.19. The molecule has 0 N–H and O–H groups in total. The average molecular weight is 420 g/mol. The van der Waals surface area contributed by atoms with Crippen LogP contribution in [0.25, 0.3) is 21.8 Å². The van der Waals surface area contributed by atoms with Gasteiger partial charge in [0.05, 0.1) is 28.7 Å². The molecule has 1 fully saturated rings. The van der Waals surface area contributed by atoms with Crippen LogP contribution < -0.4 is 0 Å². The number of ether oxygens (including phenoxy) is 1. The van der Waals surface area contributed by atoms with Crippen LogP contribution in [-0.2, 0) is 14.3 Å². The van der Waals surface area contributed by atoms with Gasteiger partial charge in [-0.05, 0) is 37.2 Å². The molecule has 0 radical (unpaired) electrons. The molecular weight excluding hydrogens is 398 g/mol. The highest BCUT2D eigenvalue weighted by Crippen LogP contribution is 2.38. The van der Waals surface area contributed by atoms with E-state index in [1.165, 1.54) is 24.9 Å². The van der Waals surface area contributed by atoms with Crippen LogP contribution in [-0.4, -0.2) is 40.1 Å². The second-order valence-electron chi connectivity index (χ2n) is 6.96. The Labute approximate surface area is 178 Å². The Balaban J connectivity index is 1.94. The number of rotatable bonds is 4. The van der Waals surface area contributed by atoms with E-state index in [1.807, 2.05) is 62.4 Å². The Kier molecular flexibility index (Phi) is 5.55. The topological polar surface area (TPSA) is 71.9 Å². The Morgan fingerprint density at radius 3 is 2.33 bits per heavy atom. The van der Waals surface area contributed by atoms with Crippen molar-refractivity contribution in [3.8, 4) is 0 Å². The van der Waals surface area contributed by atoms with Gasteiger partial charge in [-0.1, -0.05) is 43.3 Å². The number of esters is 1. The molecule has 1 amide bonds. The second kappa shape index (κ2) is 8.28. The highest BCUT2D eigenvalue weighted by molar-refractivity contribution is 8.18. The first-order valence-electron chi connectivity index (χ1n) is 9.70.